The van der Waals surface area contributed by atoms with Crippen molar-refractivity contribution in [1.29, 1.82) is 0 Å². The quantitative estimate of drug-likeness (QED) is 0.895. The molecule has 3 amide bonds. The van der Waals surface area contributed by atoms with E-state index in [0.717, 1.165) is 0 Å². The molecule has 1 aromatic rings. The number of benzene rings is 1. The van der Waals surface area contributed by atoms with Crippen LogP contribution in [0.4, 0.5) is 10.5 Å². The minimum atomic E-state index is -0.559. The molecule has 1 heterocycles. The number of urea groups is 1. The van der Waals surface area contributed by atoms with E-state index in [1.54, 1.807) is 24.3 Å². The van der Waals surface area contributed by atoms with Crippen LogP contribution in [0.1, 0.15) is 20.3 Å². The minimum absolute atomic E-state index is 0.184. The molecule has 5 heteroatoms. The van der Waals surface area contributed by atoms with Gasteiger partial charge in [0.25, 0.3) is 0 Å². The molecular formula is C13H15ClN2O2. The molecule has 1 unspecified atom stereocenters. The molecule has 96 valence electrons. The zero-order chi connectivity index (χ0) is 13.3. The molecule has 1 fully saturated rings. The highest BCUT2D eigenvalue weighted by Crippen LogP contribution is 2.31. The van der Waals surface area contributed by atoms with Crippen LogP contribution in [0.5, 0.6) is 0 Å². The largest absolute Gasteiger partial charge is 0.336 e. The summed E-state index contributed by atoms with van der Waals surface area (Å²) in [6.45, 7) is 4.16. The van der Waals surface area contributed by atoms with Crippen molar-refractivity contribution in [1.82, 2.24) is 5.32 Å². The normalized spacial score (nSPS) is 24.1. The Kier molecular flexibility index (Phi) is 3.30. The molecule has 1 atom stereocenters. The van der Waals surface area contributed by atoms with E-state index in [1.165, 1.54) is 4.90 Å². The zero-order valence-corrected chi connectivity index (χ0v) is 11.1. The fourth-order valence-electron chi connectivity index (χ4n) is 1.91. The average Bonchev–Trinajstić information content (AvgIpc) is 2.35. The zero-order valence-electron chi connectivity index (χ0n) is 10.4. The van der Waals surface area contributed by atoms with Crippen molar-refractivity contribution in [3.05, 3.63) is 29.3 Å². The van der Waals surface area contributed by atoms with Crippen molar-refractivity contribution in [3.8, 4) is 0 Å². The highest BCUT2D eigenvalue weighted by Gasteiger charge is 2.43. The van der Waals surface area contributed by atoms with Gasteiger partial charge in [-0.3, -0.25) is 4.79 Å². The van der Waals surface area contributed by atoms with Gasteiger partial charge in [-0.15, -0.1) is 0 Å². The van der Waals surface area contributed by atoms with Crippen molar-refractivity contribution >= 4 is 29.2 Å². The highest BCUT2D eigenvalue weighted by molar-refractivity contribution is 6.31. The number of hydrogen-bond acceptors (Lipinski definition) is 2. The Balaban J connectivity index is 2.41. The first kappa shape index (κ1) is 12.9. The number of carbonyl (C=O) groups excluding carboxylic acids is 2. The molecule has 1 saturated heterocycles. The van der Waals surface area contributed by atoms with Gasteiger partial charge in [-0.1, -0.05) is 24.6 Å². The second-order valence-electron chi connectivity index (χ2n) is 4.69. The topological polar surface area (TPSA) is 49.4 Å². The van der Waals surface area contributed by atoms with Crippen molar-refractivity contribution in [2.45, 2.75) is 20.3 Å². The number of halogens is 1. The van der Waals surface area contributed by atoms with Gasteiger partial charge in [0.2, 0.25) is 5.91 Å². The number of nitrogens with one attached hydrogen (secondary N) is 1. The lowest BCUT2D eigenvalue weighted by Crippen LogP contribution is -2.59. The maximum absolute atomic E-state index is 12.4. The summed E-state index contributed by atoms with van der Waals surface area (Å²) < 4.78 is 0. The van der Waals surface area contributed by atoms with Crippen molar-refractivity contribution in [2.24, 2.45) is 5.41 Å². The van der Waals surface area contributed by atoms with Crippen molar-refractivity contribution in [2.75, 3.05) is 11.4 Å². The van der Waals surface area contributed by atoms with E-state index in [2.05, 4.69) is 5.32 Å². The number of rotatable bonds is 2. The van der Waals surface area contributed by atoms with Crippen LogP contribution < -0.4 is 10.2 Å². The maximum Gasteiger partial charge on any atom is 0.328 e. The van der Waals surface area contributed by atoms with Gasteiger partial charge in [-0.05, 0) is 31.5 Å². The molecule has 0 aliphatic carbocycles. The van der Waals surface area contributed by atoms with Crippen LogP contribution in [0.25, 0.3) is 0 Å². The predicted octanol–water partition coefficient (Wildman–Crippen LogP) is 2.81. The van der Waals surface area contributed by atoms with E-state index in [4.69, 9.17) is 11.6 Å². The Labute approximate surface area is 111 Å². The van der Waals surface area contributed by atoms with Gasteiger partial charge in [0.1, 0.15) is 0 Å². The Hall–Kier alpha value is -1.55. The van der Waals surface area contributed by atoms with Gasteiger partial charge in [-0.25, -0.2) is 9.69 Å². The molecule has 1 aliphatic heterocycles. The summed E-state index contributed by atoms with van der Waals surface area (Å²) in [5, 5.41) is 3.24. The second-order valence-corrected chi connectivity index (χ2v) is 5.13. The summed E-state index contributed by atoms with van der Waals surface area (Å²) in [4.78, 5) is 25.5. The van der Waals surface area contributed by atoms with Crippen molar-refractivity contribution in [3.63, 3.8) is 0 Å². The lowest BCUT2D eigenvalue weighted by atomic mass is 9.84. The highest BCUT2D eigenvalue weighted by atomic mass is 35.5. The summed E-state index contributed by atoms with van der Waals surface area (Å²) in [6, 6.07) is 6.34. The van der Waals surface area contributed by atoms with Crippen LogP contribution in [-0.4, -0.2) is 18.5 Å². The molecule has 1 N–H and O–H groups in total. The molecule has 0 bridgehead atoms. The SMILES string of the molecule is CCC1(C)CNC(=O)N(c2cccc(Cl)c2)C1=O. The van der Waals surface area contributed by atoms with E-state index in [1.807, 2.05) is 13.8 Å². The maximum atomic E-state index is 12.4. The summed E-state index contributed by atoms with van der Waals surface area (Å²) in [5.41, 5.74) is -0.0552. The van der Waals surface area contributed by atoms with Gasteiger partial charge in [-0.2, -0.15) is 0 Å². The van der Waals surface area contributed by atoms with Crippen LogP contribution in [0, 0.1) is 5.41 Å². The van der Waals surface area contributed by atoms with E-state index in [9.17, 15) is 9.59 Å². The van der Waals surface area contributed by atoms with Gasteiger partial charge >= 0.3 is 6.03 Å². The first-order valence-electron chi connectivity index (χ1n) is 5.86. The predicted molar refractivity (Wildman–Crippen MR) is 70.7 cm³/mol. The number of anilines is 1. The fraction of sp³-hybridized carbons (Fsp3) is 0.385. The third kappa shape index (κ3) is 2.08. The number of hydrogen-bond donors (Lipinski definition) is 1. The fourth-order valence-corrected chi connectivity index (χ4v) is 2.10. The lowest BCUT2D eigenvalue weighted by molar-refractivity contribution is -0.127. The average molecular weight is 267 g/mol. The Morgan fingerprint density at radius 2 is 2.17 bits per heavy atom. The standard InChI is InChI=1S/C13H15ClN2O2/c1-3-13(2)8-15-12(18)16(11(13)17)10-6-4-5-9(14)7-10/h4-7H,3,8H2,1-2H3,(H,15,18). The van der Waals surface area contributed by atoms with Crippen LogP contribution in [0.15, 0.2) is 24.3 Å². The molecule has 0 radical (unpaired) electrons. The van der Waals surface area contributed by atoms with Gasteiger partial charge in [0.15, 0.2) is 0 Å². The van der Waals surface area contributed by atoms with Crippen LogP contribution in [0.2, 0.25) is 5.02 Å². The number of carbonyl (C=O) groups is 2. The smallest absolute Gasteiger partial charge is 0.328 e. The van der Waals surface area contributed by atoms with Crippen LogP contribution >= 0.6 is 11.6 Å². The Morgan fingerprint density at radius 1 is 1.44 bits per heavy atom. The van der Waals surface area contributed by atoms with E-state index in [0.29, 0.717) is 23.7 Å². The molecule has 0 spiro atoms. The third-order valence-corrected chi connectivity index (χ3v) is 3.63. The van der Waals surface area contributed by atoms with E-state index < -0.39 is 11.4 Å². The molecule has 4 nitrogen and oxygen atoms in total. The Bertz CT molecular complexity index is 504. The molecule has 1 aliphatic rings. The number of imide groups is 1. The molecule has 2 rings (SSSR count). The Morgan fingerprint density at radius 3 is 2.78 bits per heavy atom. The summed E-state index contributed by atoms with van der Waals surface area (Å²) >= 11 is 5.89. The number of amides is 3. The van der Waals surface area contributed by atoms with E-state index >= 15 is 0 Å². The second kappa shape index (κ2) is 4.61. The molecule has 0 saturated carbocycles. The van der Waals surface area contributed by atoms with Gasteiger partial charge < -0.3 is 5.32 Å². The van der Waals surface area contributed by atoms with Crippen LogP contribution in [0.3, 0.4) is 0 Å². The summed E-state index contributed by atoms with van der Waals surface area (Å²) in [5.74, 6) is -0.184. The first-order chi connectivity index (χ1) is 8.48. The monoisotopic (exact) mass is 266 g/mol. The van der Waals surface area contributed by atoms with Crippen molar-refractivity contribution < 1.29 is 9.59 Å². The summed E-state index contributed by atoms with van der Waals surface area (Å²) in [7, 11) is 0. The lowest BCUT2D eigenvalue weighted by Gasteiger charge is -2.37. The molecule has 0 aromatic heterocycles. The van der Waals surface area contributed by atoms with Gasteiger partial charge in [0, 0.05) is 11.6 Å². The molecular weight excluding hydrogens is 252 g/mol. The molecule has 18 heavy (non-hydrogen) atoms. The van der Waals surface area contributed by atoms with Crippen LogP contribution in [-0.2, 0) is 4.79 Å². The number of nitrogens with zero attached hydrogens (tertiary/aromatic N) is 1. The van der Waals surface area contributed by atoms with E-state index in [-0.39, 0.29) is 5.91 Å². The first-order valence-corrected chi connectivity index (χ1v) is 6.24. The third-order valence-electron chi connectivity index (χ3n) is 3.40. The van der Waals surface area contributed by atoms with Gasteiger partial charge in [0.05, 0.1) is 11.1 Å². The molecule has 1 aromatic carbocycles. The summed E-state index contributed by atoms with van der Waals surface area (Å²) in [6.07, 6.45) is 0.670. The minimum Gasteiger partial charge on any atom is -0.336 e.